The molecule has 0 saturated carbocycles. The van der Waals surface area contributed by atoms with Gasteiger partial charge in [-0.05, 0) is 0 Å². The van der Waals surface area contributed by atoms with Gasteiger partial charge in [0.15, 0.2) is 0 Å². The van der Waals surface area contributed by atoms with Crippen LogP contribution in [0.2, 0.25) is 0 Å². The molecule has 0 atom stereocenters. The number of aliphatic imine (C=N–C) groups is 2. The van der Waals surface area contributed by atoms with Gasteiger partial charge >= 0.3 is 0 Å². The highest BCUT2D eigenvalue weighted by molar-refractivity contribution is 6.17. The lowest BCUT2D eigenvalue weighted by Gasteiger charge is -1.60. The van der Waals surface area contributed by atoms with Crippen LogP contribution in [0.25, 0.3) is 0 Å². The Morgan fingerprint density at radius 3 is 2.00 bits per heavy atom. The highest BCUT2D eigenvalue weighted by Gasteiger charge is 1.76. The van der Waals surface area contributed by atoms with Crippen LogP contribution < -0.4 is 0 Å². The van der Waals surface area contributed by atoms with Gasteiger partial charge in [0.25, 0.3) is 0 Å². The van der Waals surface area contributed by atoms with E-state index in [0.717, 1.165) is 0 Å². The van der Waals surface area contributed by atoms with Crippen LogP contribution in [0.15, 0.2) is 9.98 Å². The highest BCUT2D eigenvalue weighted by atomic mass is 14.9. The summed E-state index contributed by atoms with van der Waals surface area (Å²) in [6, 6.07) is 0. The van der Waals surface area contributed by atoms with Crippen molar-refractivity contribution < 1.29 is 0 Å². The second-order valence-corrected chi connectivity index (χ2v) is 0.681. The molecule has 1 rings (SSSR count). The van der Waals surface area contributed by atoms with E-state index >= 15 is 0 Å². The molecule has 0 saturated heterocycles. The van der Waals surface area contributed by atoms with E-state index in [0.29, 0.717) is 6.67 Å². The number of rotatable bonds is 0. The Hall–Kier alpha value is -0.660. The number of hydrogen-bond acceptors (Lipinski definition) is 2. The summed E-state index contributed by atoms with van der Waals surface area (Å²) >= 11 is 0. The van der Waals surface area contributed by atoms with Gasteiger partial charge in [-0.3, -0.25) is 9.98 Å². The Kier molecular flexibility index (Phi) is 0.499. The molecular formula is C3H2N2. The molecule has 0 amide bonds. The van der Waals surface area contributed by atoms with Crippen molar-refractivity contribution in [3.8, 4) is 0 Å². The fraction of sp³-hybridized carbons (Fsp3) is 0.333. The molecule has 0 N–H and O–H groups in total. The quantitative estimate of drug-likeness (QED) is 0.376. The van der Waals surface area contributed by atoms with Crippen LogP contribution >= 0.6 is 0 Å². The molecule has 0 bridgehead atoms. The molecule has 0 spiro atoms. The van der Waals surface area contributed by atoms with Crippen molar-refractivity contribution in [2.75, 3.05) is 6.67 Å². The van der Waals surface area contributed by atoms with E-state index in [1.807, 2.05) is 0 Å². The molecule has 1 heterocycles. The van der Waals surface area contributed by atoms with E-state index in [9.17, 15) is 0 Å². The van der Waals surface area contributed by atoms with Crippen LogP contribution in [-0.4, -0.2) is 19.1 Å². The Morgan fingerprint density at radius 1 is 1.20 bits per heavy atom. The summed E-state index contributed by atoms with van der Waals surface area (Å²) in [7, 11) is 0. The molecular weight excluding hydrogens is 64.0 g/mol. The SMILES string of the molecule is [C]1=NCN=[C]1. The first kappa shape index (κ1) is 2.57. The summed E-state index contributed by atoms with van der Waals surface area (Å²) in [6.45, 7) is 0.528. The first-order valence-corrected chi connectivity index (χ1v) is 1.33. The molecule has 1 aliphatic heterocycles. The van der Waals surface area contributed by atoms with Gasteiger partial charge in [0, 0.05) is 0 Å². The first-order chi connectivity index (χ1) is 2.50. The van der Waals surface area contributed by atoms with Crippen molar-refractivity contribution in [1.29, 1.82) is 0 Å². The monoisotopic (exact) mass is 66.0 g/mol. The minimum atomic E-state index is 0.528. The van der Waals surface area contributed by atoms with Gasteiger partial charge in [0.05, 0.1) is 0 Å². The lowest BCUT2D eigenvalue weighted by molar-refractivity contribution is 1.11. The molecule has 1 aliphatic rings. The van der Waals surface area contributed by atoms with Gasteiger partial charge in [0.2, 0.25) is 0 Å². The van der Waals surface area contributed by atoms with Gasteiger partial charge in [-0.25, -0.2) is 0 Å². The van der Waals surface area contributed by atoms with Crippen LogP contribution in [0.4, 0.5) is 0 Å². The third-order valence-electron chi connectivity index (χ3n) is 0.350. The van der Waals surface area contributed by atoms with Gasteiger partial charge in [0.1, 0.15) is 19.1 Å². The molecule has 2 nitrogen and oxygen atoms in total. The molecule has 0 aromatic rings. The zero-order valence-electron chi connectivity index (χ0n) is 2.60. The lowest BCUT2D eigenvalue weighted by atomic mass is 10.9. The maximum atomic E-state index is 3.56. The minimum Gasteiger partial charge on any atom is -0.257 e. The van der Waals surface area contributed by atoms with Gasteiger partial charge in [-0.2, -0.15) is 0 Å². The maximum absolute atomic E-state index is 3.56. The van der Waals surface area contributed by atoms with Crippen molar-refractivity contribution in [3.05, 3.63) is 0 Å². The van der Waals surface area contributed by atoms with Gasteiger partial charge in [-0.1, -0.05) is 0 Å². The van der Waals surface area contributed by atoms with Crippen molar-refractivity contribution in [3.63, 3.8) is 0 Å². The third-order valence-corrected chi connectivity index (χ3v) is 0.350. The van der Waals surface area contributed by atoms with E-state index in [1.54, 1.807) is 0 Å². The lowest BCUT2D eigenvalue weighted by Crippen LogP contribution is -1.56. The molecule has 0 fully saturated rings. The molecule has 0 aromatic carbocycles. The predicted octanol–water partition coefficient (Wildman–Crippen LogP) is -0.147. The molecule has 5 heavy (non-hydrogen) atoms. The molecule has 0 unspecified atom stereocenters. The Balaban J connectivity index is 2.61. The Bertz CT molecular complexity index is 63.0. The third kappa shape index (κ3) is 0.318. The molecule has 24 valence electrons. The zero-order chi connectivity index (χ0) is 3.54. The normalized spacial score (nSPS) is 17.6. The Morgan fingerprint density at radius 2 is 1.80 bits per heavy atom. The highest BCUT2D eigenvalue weighted by Crippen LogP contribution is 1.72. The average Bonchev–Trinajstić information content (AvgIpc) is 1.76. The molecule has 2 radical (unpaired) electrons. The van der Waals surface area contributed by atoms with Crippen LogP contribution in [0.1, 0.15) is 0 Å². The van der Waals surface area contributed by atoms with Gasteiger partial charge < -0.3 is 0 Å². The first-order valence-electron chi connectivity index (χ1n) is 1.33. The van der Waals surface area contributed by atoms with Crippen LogP contribution in [-0.2, 0) is 0 Å². The van der Waals surface area contributed by atoms with E-state index in [-0.39, 0.29) is 0 Å². The largest absolute Gasteiger partial charge is 0.257 e. The summed E-state index contributed by atoms with van der Waals surface area (Å²) in [5.41, 5.74) is 0. The summed E-state index contributed by atoms with van der Waals surface area (Å²) in [5.74, 6) is 0. The van der Waals surface area contributed by atoms with Crippen molar-refractivity contribution in [2.24, 2.45) is 9.98 Å². The van der Waals surface area contributed by atoms with Crippen molar-refractivity contribution in [2.45, 2.75) is 0 Å². The molecule has 0 aliphatic carbocycles. The van der Waals surface area contributed by atoms with Crippen molar-refractivity contribution >= 4 is 12.4 Å². The fourth-order valence-corrected chi connectivity index (χ4v) is 0.177. The predicted molar refractivity (Wildman–Crippen MR) is 19.7 cm³/mol. The summed E-state index contributed by atoms with van der Waals surface area (Å²) in [5, 5.41) is 0. The smallest absolute Gasteiger partial charge is 0.131 e. The average molecular weight is 66.1 g/mol. The number of nitrogens with zero attached hydrogens (tertiary/aromatic N) is 2. The van der Waals surface area contributed by atoms with E-state index in [4.69, 9.17) is 0 Å². The standard InChI is InChI=1S/C3H2N2/c1-2-5-3-4-1/h3H2. The van der Waals surface area contributed by atoms with Crippen LogP contribution in [0.5, 0.6) is 0 Å². The summed E-state index contributed by atoms with van der Waals surface area (Å²) < 4.78 is 0. The van der Waals surface area contributed by atoms with Gasteiger partial charge in [-0.15, -0.1) is 0 Å². The Labute approximate surface area is 30.3 Å². The van der Waals surface area contributed by atoms with Crippen LogP contribution in [0.3, 0.4) is 0 Å². The minimum absolute atomic E-state index is 0.528. The van der Waals surface area contributed by atoms with E-state index in [2.05, 4.69) is 22.4 Å². The van der Waals surface area contributed by atoms with Crippen molar-refractivity contribution in [1.82, 2.24) is 0 Å². The summed E-state index contributed by atoms with van der Waals surface area (Å²) in [6.07, 6.45) is 4.86. The van der Waals surface area contributed by atoms with E-state index < -0.39 is 0 Å². The number of hydrogen-bond donors (Lipinski definition) is 0. The maximum Gasteiger partial charge on any atom is 0.131 e. The molecule has 2 heteroatoms. The summed E-state index contributed by atoms with van der Waals surface area (Å²) in [4.78, 5) is 7.11. The van der Waals surface area contributed by atoms with Crippen LogP contribution in [0, 0.1) is 0 Å². The topological polar surface area (TPSA) is 24.7 Å². The van der Waals surface area contributed by atoms with E-state index in [1.165, 1.54) is 0 Å². The molecule has 0 aromatic heterocycles. The fourth-order valence-electron chi connectivity index (χ4n) is 0.177. The zero-order valence-corrected chi connectivity index (χ0v) is 2.60. The second-order valence-electron chi connectivity index (χ2n) is 0.681. The second kappa shape index (κ2) is 0.971.